The number of nitrogens with one attached hydrogen (secondary N) is 2. The van der Waals surface area contributed by atoms with Gasteiger partial charge in [-0.25, -0.2) is 9.37 Å². The van der Waals surface area contributed by atoms with Crippen LogP contribution in [0, 0.1) is 5.82 Å². The lowest BCUT2D eigenvalue weighted by Crippen LogP contribution is -2.33. The van der Waals surface area contributed by atoms with Crippen molar-refractivity contribution in [2.24, 2.45) is 0 Å². The van der Waals surface area contributed by atoms with Crippen molar-refractivity contribution in [1.29, 1.82) is 0 Å². The molecular formula is C33H30FN5O3S. The number of anilines is 3. The maximum atomic E-state index is 15.5. The van der Waals surface area contributed by atoms with Gasteiger partial charge in [0.2, 0.25) is 0 Å². The van der Waals surface area contributed by atoms with Gasteiger partial charge in [0.05, 0.1) is 21.7 Å². The van der Waals surface area contributed by atoms with Crippen LogP contribution < -0.4 is 20.4 Å². The van der Waals surface area contributed by atoms with Crippen LogP contribution in [0.4, 0.5) is 21.6 Å². The van der Waals surface area contributed by atoms with Crippen molar-refractivity contribution in [1.82, 2.24) is 10.3 Å². The summed E-state index contributed by atoms with van der Waals surface area (Å²) < 4.78 is 15.5. The zero-order valence-electron chi connectivity index (χ0n) is 23.4. The fourth-order valence-corrected chi connectivity index (χ4v) is 6.92. The number of nitrogens with zero attached hydrogens (tertiary/aromatic N) is 3. The molecule has 0 unspecified atom stereocenters. The van der Waals surface area contributed by atoms with Crippen molar-refractivity contribution < 1.29 is 18.8 Å². The van der Waals surface area contributed by atoms with E-state index in [4.69, 9.17) is 0 Å². The number of carbonyl (C=O) groups excluding carboxylic acids is 3. The van der Waals surface area contributed by atoms with E-state index in [-0.39, 0.29) is 29.1 Å². The van der Waals surface area contributed by atoms with Crippen LogP contribution in [0.15, 0.2) is 66.9 Å². The largest absolute Gasteiger partial charge is 0.356 e. The molecule has 43 heavy (non-hydrogen) atoms. The van der Waals surface area contributed by atoms with Crippen LogP contribution in [-0.4, -0.2) is 48.4 Å². The number of pyridine rings is 1. The fraction of sp³-hybridized carbons (Fsp3) is 0.273. The molecule has 2 aliphatic heterocycles. The summed E-state index contributed by atoms with van der Waals surface area (Å²) in [6, 6.07) is 17.3. The minimum atomic E-state index is -0.718. The van der Waals surface area contributed by atoms with Crippen molar-refractivity contribution in [3.05, 3.63) is 94.2 Å². The summed E-state index contributed by atoms with van der Waals surface area (Å²) in [5.74, 6) is -1.01. The van der Waals surface area contributed by atoms with Gasteiger partial charge in [0.1, 0.15) is 11.6 Å². The second-order valence-electron chi connectivity index (χ2n) is 11.2. The molecule has 10 heteroatoms. The number of aromatic nitrogens is 1. The maximum Gasteiger partial charge on any atom is 0.261 e. The minimum absolute atomic E-state index is 0.0592. The van der Waals surface area contributed by atoms with E-state index in [0.717, 1.165) is 54.8 Å². The average molecular weight is 596 g/mol. The first-order chi connectivity index (χ1) is 21.0. The Morgan fingerprint density at radius 1 is 0.907 bits per heavy atom. The number of thiophene rings is 1. The lowest BCUT2D eigenvalue weighted by atomic mass is 10.1. The van der Waals surface area contributed by atoms with E-state index in [1.807, 2.05) is 30.3 Å². The summed E-state index contributed by atoms with van der Waals surface area (Å²) in [5, 5.41) is 5.82. The summed E-state index contributed by atoms with van der Waals surface area (Å²) in [6.07, 6.45) is 6.33. The molecule has 4 heterocycles. The van der Waals surface area contributed by atoms with Gasteiger partial charge in [-0.3, -0.25) is 14.4 Å². The van der Waals surface area contributed by atoms with Gasteiger partial charge in [0.25, 0.3) is 17.7 Å². The first-order valence-corrected chi connectivity index (χ1v) is 15.4. The Bertz CT molecular complexity index is 1740. The molecule has 218 valence electrons. The van der Waals surface area contributed by atoms with Crippen molar-refractivity contribution in [2.75, 3.05) is 34.8 Å². The SMILES string of the molecule is O=C(NC1CC1)c1cc2c(s1)-c1ccccc1N(C(=O)c1ccc(NC(=O)c3cccnc3N3CCCC3)cc1F)CC2. The highest BCUT2D eigenvalue weighted by atomic mass is 32.1. The number of hydrogen-bond acceptors (Lipinski definition) is 6. The lowest BCUT2D eigenvalue weighted by molar-refractivity contribution is 0.0952. The van der Waals surface area contributed by atoms with E-state index in [2.05, 4.69) is 20.5 Å². The Labute approximate surface area is 252 Å². The monoisotopic (exact) mass is 595 g/mol. The van der Waals surface area contributed by atoms with Crippen molar-refractivity contribution >= 4 is 46.3 Å². The predicted octanol–water partition coefficient (Wildman–Crippen LogP) is 5.90. The third-order valence-electron chi connectivity index (χ3n) is 8.13. The quantitative estimate of drug-likeness (QED) is 0.290. The average Bonchev–Trinajstić information content (AvgIpc) is 3.51. The fourth-order valence-electron chi connectivity index (χ4n) is 5.77. The van der Waals surface area contributed by atoms with Gasteiger partial charge < -0.3 is 20.4 Å². The molecule has 1 saturated heterocycles. The highest BCUT2D eigenvalue weighted by Gasteiger charge is 2.30. The molecule has 2 aromatic heterocycles. The number of para-hydroxylation sites is 1. The molecule has 4 aromatic rings. The summed E-state index contributed by atoms with van der Waals surface area (Å²) in [5.41, 5.74) is 3.11. The first kappa shape index (κ1) is 27.3. The molecule has 7 rings (SSSR count). The molecule has 2 N–H and O–H groups in total. The highest BCUT2D eigenvalue weighted by molar-refractivity contribution is 7.17. The topological polar surface area (TPSA) is 94.6 Å². The number of amides is 3. The van der Waals surface area contributed by atoms with Gasteiger partial charge >= 0.3 is 0 Å². The van der Waals surface area contributed by atoms with Crippen molar-refractivity contribution in [2.45, 2.75) is 38.1 Å². The minimum Gasteiger partial charge on any atom is -0.356 e. The van der Waals surface area contributed by atoms with Crippen molar-refractivity contribution in [3.63, 3.8) is 0 Å². The molecule has 0 atom stereocenters. The number of carbonyl (C=O) groups is 3. The van der Waals surface area contributed by atoms with Crippen LogP contribution in [0.1, 0.15) is 61.6 Å². The molecule has 8 nitrogen and oxygen atoms in total. The van der Waals surface area contributed by atoms with E-state index in [1.165, 1.54) is 23.5 Å². The van der Waals surface area contributed by atoms with E-state index in [9.17, 15) is 14.4 Å². The zero-order chi connectivity index (χ0) is 29.5. The lowest BCUT2D eigenvalue weighted by Gasteiger charge is -2.23. The van der Waals surface area contributed by atoms with Gasteiger partial charge in [-0.1, -0.05) is 18.2 Å². The second-order valence-corrected chi connectivity index (χ2v) is 12.2. The Balaban J connectivity index is 1.12. The molecule has 0 spiro atoms. The predicted molar refractivity (Wildman–Crippen MR) is 166 cm³/mol. The summed E-state index contributed by atoms with van der Waals surface area (Å²) in [4.78, 5) is 49.4. The molecule has 0 radical (unpaired) electrons. The van der Waals surface area contributed by atoms with Gasteiger partial charge in [-0.2, -0.15) is 0 Å². The Morgan fingerprint density at radius 3 is 2.51 bits per heavy atom. The Morgan fingerprint density at radius 2 is 1.72 bits per heavy atom. The number of hydrogen-bond donors (Lipinski definition) is 2. The normalized spacial score (nSPS) is 15.8. The highest BCUT2D eigenvalue weighted by Crippen LogP contribution is 2.42. The number of halogens is 1. The second kappa shape index (κ2) is 11.3. The smallest absolute Gasteiger partial charge is 0.261 e. The molecule has 1 saturated carbocycles. The molecule has 2 fully saturated rings. The summed E-state index contributed by atoms with van der Waals surface area (Å²) >= 11 is 1.42. The van der Waals surface area contributed by atoms with Crippen LogP contribution in [0.25, 0.3) is 10.4 Å². The van der Waals surface area contributed by atoms with Gasteiger partial charge in [-0.05, 0) is 80.1 Å². The molecule has 0 bridgehead atoms. The molecule has 2 aromatic carbocycles. The van der Waals surface area contributed by atoms with Crippen LogP contribution >= 0.6 is 11.3 Å². The summed E-state index contributed by atoms with van der Waals surface area (Å²) in [7, 11) is 0. The third-order valence-corrected chi connectivity index (χ3v) is 9.34. The van der Waals surface area contributed by atoms with Crippen molar-refractivity contribution in [3.8, 4) is 10.4 Å². The van der Waals surface area contributed by atoms with E-state index >= 15 is 4.39 Å². The zero-order valence-corrected chi connectivity index (χ0v) is 24.3. The van der Waals surface area contributed by atoms with Crippen LogP contribution in [0.2, 0.25) is 0 Å². The van der Waals surface area contributed by atoms with Crippen LogP contribution in [0.5, 0.6) is 0 Å². The Kier molecular flexibility index (Phi) is 7.14. The molecule has 3 aliphatic rings. The van der Waals surface area contributed by atoms with Gasteiger partial charge in [0.15, 0.2) is 0 Å². The van der Waals surface area contributed by atoms with Crippen LogP contribution in [-0.2, 0) is 6.42 Å². The first-order valence-electron chi connectivity index (χ1n) is 14.6. The molecular weight excluding hydrogens is 565 g/mol. The Hall–Kier alpha value is -4.57. The number of rotatable bonds is 6. The molecule has 3 amide bonds. The third kappa shape index (κ3) is 5.38. The number of fused-ring (bicyclic) bond motifs is 3. The number of benzene rings is 2. The van der Waals surface area contributed by atoms with E-state index in [0.29, 0.717) is 34.9 Å². The van der Waals surface area contributed by atoms with Gasteiger partial charge in [0, 0.05) is 48.0 Å². The van der Waals surface area contributed by atoms with E-state index < -0.39 is 11.7 Å². The van der Waals surface area contributed by atoms with Gasteiger partial charge in [-0.15, -0.1) is 11.3 Å². The standard InChI is InChI=1S/C33H30FN5O3S/c34-26-19-22(37-31(40)25-7-5-14-35-30(25)38-15-3-4-16-38)11-12-23(26)33(42)39-17-13-20-18-28(32(41)36-21-9-10-21)43-29(20)24-6-1-2-8-27(24)39/h1-2,5-8,11-12,14,18-19,21H,3-4,9-10,13,15-17H2,(H,36,41)(H,37,40). The summed E-state index contributed by atoms with van der Waals surface area (Å²) in [6.45, 7) is 2.01. The van der Waals surface area contributed by atoms with Crippen LogP contribution in [0.3, 0.4) is 0 Å². The van der Waals surface area contributed by atoms with E-state index in [1.54, 1.807) is 29.3 Å². The molecule has 1 aliphatic carbocycles. The maximum absolute atomic E-state index is 15.5.